The van der Waals surface area contributed by atoms with Crippen LogP contribution in [-0.2, 0) is 16.9 Å². The van der Waals surface area contributed by atoms with E-state index in [-0.39, 0.29) is 11.6 Å². The second kappa shape index (κ2) is 4.09. The van der Waals surface area contributed by atoms with Crippen LogP contribution < -0.4 is 5.73 Å². The van der Waals surface area contributed by atoms with Gasteiger partial charge in [0.2, 0.25) is 0 Å². The zero-order valence-electron chi connectivity index (χ0n) is 12.0. The van der Waals surface area contributed by atoms with E-state index in [2.05, 4.69) is 37.0 Å². The molecule has 106 valence electrons. The van der Waals surface area contributed by atoms with Gasteiger partial charge in [-0.05, 0) is 54.3 Å². The number of nitrogens with two attached hydrogens (primary N) is 1. The van der Waals surface area contributed by atoms with Crippen molar-refractivity contribution in [1.82, 2.24) is 4.98 Å². The fraction of sp³-hybridized carbons (Fsp3) is 0.235. The van der Waals surface area contributed by atoms with E-state index in [1.165, 1.54) is 11.1 Å². The minimum Gasteiger partial charge on any atom is -0.424 e. The molecule has 0 amide bonds. The van der Waals surface area contributed by atoms with E-state index in [4.69, 9.17) is 14.9 Å². The van der Waals surface area contributed by atoms with Gasteiger partial charge < -0.3 is 14.9 Å². The molecule has 21 heavy (non-hydrogen) atoms. The minimum absolute atomic E-state index is 0.196. The largest absolute Gasteiger partial charge is 0.424 e. The van der Waals surface area contributed by atoms with Gasteiger partial charge in [-0.1, -0.05) is 18.2 Å². The van der Waals surface area contributed by atoms with Gasteiger partial charge in [0.05, 0.1) is 12.2 Å². The Bertz CT molecular complexity index is 849. The van der Waals surface area contributed by atoms with Crippen molar-refractivity contribution in [2.24, 2.45) is 0 Å². The number of oxazole rings is 1. The van der Waals surface area contributed by atoms with Crippen LogP contribution in [0, 0.1) is 0 Å². The molecule has 1 aliphatic heterocycles. The van der Waals surface area contributed by atoms with Crippen molar-refractivity contribution >= 4 is 17.1 Å². The lowest BCUT2D eigenvalue weighted by Crippen LogP contribution is -2.14. The summed E-state index contributed by atoms with van der Waals surface area (Å²) in [6.45, 7) is 4.86. The quantitative estimate of drug-likeness (QED) is 0.735. The number of nitrogens with zero attached hydrogens (tertiary/aromatic N) is 1. The van der Waals surface area contributed by atoms with Crippen LogP contribution in [0.5, 0.6) is 0 Å². The average molecular weight is 280 g/mol. The number of nitrogen functional groups attached to an aromatic ring is 1. The minimum atomic E-state index is -0.196. The summed E-state index contributed by atoms with van der Waals surface area (Å²) in [5, 5.41) is 0. The van der Waals surface area contributed by atoms with Gasteiger partial charge in [-0.3, -0.25) is 0 Å². The number of ether oxygens (including phenoxy) is 1. The maximum Gasteiger partial charge on any atom is 0.292 e. The van der Waals surface area contributed by atoms with Crippen molar-refractivity contribution < 1.29 is 9.15 Å². The van der Waals surface area contributed by atoms with Crippen molar-refractivity contribution in [2.45, 2.75) is 26.1 Å². The third kappa shape index (κ3) is 1.91. The molecule has 0 aliphatic carbocycles. The number of rotatable bonds is 1. The molecular formula is C17H16N2O2. The Morgan fingerprint density at radius 1 is 1.10 bits per heavy atom. The molecule has 4 nitrogen and oxygen atoms in total. The van der Waals surface area contributed by atoms with Crippen LogP contribution in [-0.4, -0.2) is 4.98 Å². The lowest BCUT2D eigenvalue weighted by Gasteiger charge is -2.18. The van der Waals surface area contributed by atoms with E-state index >= 15 is 0 Å². The Morgan fingerprint density at radius 2 is 1.86 bits per heavy atom. The summed E-state index contributed by atoms with van der Waals surface area (Å²) in [7, 11) is 0. The fourth-order valence-corrected chi connectivity index (χ4v) is 2.94. The molecule has 4 heteroatoms. The molecule has 2 N–H and O–H groups in total. The van der Waals surface area contributed by atoms with E-state index in [0.29, 0.717) is 12.2 Å². The standard InChI is InChI=1S/C17H16N2O2/c1-17(2)13-5-3-10(7-12(13)9-20-17)11-4-6-15-14(8-11)19-16(18)21-15/h3-8H,9H2,1-2H3,(H2,18,19). The average Bonchev–Trinajstić information content (AvgIpc) is 2.97. The SMILES string of the molecule is CC1(C)OCc2cc(-c3ccc4oc(N)nc4c3)ccc21. The molecule has 0 fully saturated rings. The number of aromatic nitrogens is 1. The van der Waals surface area contributed by atoms with E-state index in [1.54, 1.807) is 0 Å². The highest BCUT2D eigenvalue weighted by Gasteiger charge is 2.30. The lowest BCUT2D eigenvalue weighted by atomic mass is 9.93. The Labute approximate surface area is 122 Å². The van der Waals surface area contributed by atoms with Gasteiger partial charge in [0, 0.05) is 0 Å². The van der Waals surface area contributed by atoms with E-state index in [1.807, 2.05) is 18.2 Å². The number of anilines is 1. The zero-order chi connectivity index (χ0) is 14.6. The molecule has 4 rings (SSSR count). The highest BCUT2D eigenvalue weighted by Crippen LogP contribution is 2.38. The van der Waals surface area contributed by atoms with Crippen molar-refractivity contribution in [2.75, 3.05) is 5.73 Å². The Morgan fingerprint density at radius 3 is 2.71 bits per heavy atom. The van der Waals surface area contributed by atoms with E-state index in [9.17, 15) is 0 Å². The predicted octanol–water partition coefficient (Wildman–Crippen LogP) is 3.84. The second-order valence-electron chi connectivity index (χ2n) is 5.91. The molecule has 3 aromatic rings. The van der Waals surface area contributed by atoms with Gasteiger partial charge in [0.15, 0.2) is 5.58 Å². The monoisotopic (exact) mass is 280 g/mol. The third-order valence-corrected chi connectivity index (χ3v) is 4.08. The van der Waals surface area contributed by atoms with Crippen molar-refractivity contribution in [3.8, 4) is 11.1 Å². The van der Waals surface area contributed by atoms with Gasteiger partial charge in [0.25, 0.3) is 6.01 Å². The van der Waals surface area contributed by atoms with Crippen LogP contribution in [0.2, 0.25) is 0 Å². The van der Waals surface area contributed by atoms with E-state index in [0.717, 1.165) is 16.6 Å². The van der Waals surface area contributed by atoms with Crippen LogP contribution in [0.1, 0.15) is 25.0 Å². The van der Waals surface area contributed by atoms with Gasteiger partial charge >= 0.3 is 0 Å². The van der Waals surface area contributed by atoms with Crippen molar-refractivity contribution in [1.29, 1.82) is 0 Å². The summed E-state index contributed by atoms with van der Waals surface area (Å²) >= 11 is 0. The summed E-state index contributed by atoms with van der Waals surface area (Å²) in [5.41, 5.74) is 11.6. The third-order valence-electron chi connectivity index (χ3n) is 4.08. The summed E-state index contributed by atoms with van der Waals surface area (Å²) in [4.78, 5) is 4.18. The molecule has 0 saturated carbocycles. The maximum absolute atomic E-state index is 5.83. The molecule has 0 spiro atoms. The summed E-state index contributed by atoms with van der Waals surface area (Å²) in [5.74, 6) is 0. The van der Waals surface area contributed by atoms with Crippen LogP contribution in [0.3, 0.4) is 0 Å². The summed E-state index contributed by atoms with van der Waals surface area (Å²) in [6.07, 6.45) is 0. The number of hydrogen-bond acceptors (Lipinski definition) is 4. The van der Waals surface area contributed by atoms with Gasteiger partial charge in [-0.2, -0.15) is 4.98 Å². The van der Waals surface area contributed by atoms with Crippen molar-refractivity contribution in [3.63, 3.8) is 0 Å². The second-order valence-corrected chi connectivity index (χ2v) is 5.91. The first kappa shape index (κ1) is 12.4. The molecular weight excluding hydrogens is 264 g/mol. The first-order valence-corrected chi connectivity index (χ1v) is 6.97. The zero-order valence-corrected chi connectivity index (χ0v) is 12.0. The fourth-order valence-electron chi connectivity index (χ4n) is 2.94. The Balaban J connectivity index is 1.82. The predicted molar refractivity (Wildman–Crippen MR) is 81.7 cm³/mol. The highest BCUT2D eigenvalue weighted by atomic mass is 16.5. The molecule has 1 aliphatic rings. The van der Waals surface area contributed by atoms with Gasteiger partial charge in [-0.25, -0.2) is 0 Å². The van der Waals surface area contributed by atoms with Crippen LogP contribution in [0.25, 0.3) is 22.2 Å². The Hall–Kier alpha value is -2.33. The van der Waals surface area contributed by atoms with E-state index < -0.39 is 0 Å². The molecule has 0 bridgehead atoms. The Kier molecular flexibility index (Phi) is 2.41. The van der Waals surface area contributed by atoms with Crippen LogP contribution in [0.4, 0.5) is 6.01 Å². The maximum atomic E-state index is 5.83. The van der Waals surface area contributed by atoms with Crippen LogP contribution in [0.15, 0.2) is 40.8 Å². The number of benzene rings is 2. The van der Waals surface area contributed by atoms with Crippen molar-refractivity contribution in [3.05, 3.63) is 47.5 Å². The molecule has 0 atom stereocenters. The smallest absolute Gasteiger partial charge is 0.292 e. The highest BCUT2D eigenvalue weighted by molar-refractivity contribution is 5.81. The first-order valence-electron chi connectivity index (χ1n) is 6.97. The molecule has 2 heterocycles. The molecule has 2 aromatic carbocycles. The molecule has 1 aromatic heterocycles. The normalized spacial score (nSPS) is 16.3. The molecule has 0 saturated heterocycles. The molecule has 0 unspecified atom stereocenters. The lowest BCUT2D eigenvalue weighted by molar-refractivity contribution is -0.00789. The van der Waals surface area contributed by atoms with Gasteiger partial charge in [0.1, 0.15) is 5.52 Å². The molecule has 0 radical (unpaired) electrons. The summed E-state index contributed by atoms with van der Waals surface area (Å²) in [6, 6.07) is 12.6. The number of hydrogen-bond donors (Lipinski definition) is 1. The number of fused-ring (bicyclic) bond motifs is 2. The first-order chi connectivity index (χ1) is 10.0. The topological polar surface area (TPSA) is 61.3 Å². The summed E-state index contributed by atoms with van der Waals surface area (Å²) < 4.78 is 11.1. The van der Waals surface area contributed by atoms with Crippen LogP contribution >= 0.6 is 0 Å². The van der Waals surface area contributed by atoms with Gasteiger partial charge in [-0.15, -0.1) is 0 Å².